The Kier molecular flexibility index (Phi) is 4.55. The number of ether oxygens (including phenoxy) is 1. The van der Waals surface area contributed by atoms with E-state index in [2.05, 4.69) is 29.9 Å². The van der Waals surface area contributed by atoms with Gasteiger partial charge in [0.05, 0.1) is 29.5 Å². The third kappa shape index (κ3) is 3.14. The zero-order valence-electron chi connectivity index (χ0n) is 16.9. The van der Waals surface area contributed by atoms with Crippen molar-refractivity contribution < 1.29 is 4.74 Å². The predicted molar refractivity (Wildman–Crippen MR) is 113 cm³/mol. The van der Waals surface area contributed by atoms with Crippen LogP contribution in [0, 0.1) is 0 Å². The molecule has 0 unspecified atom stereocenters. The van der Waals surface area contributed by atoms with Gasteiger partial charge in [-0.3, -0.25) is 4.79 Å². The molecule has 0 saturated carbocycles. The minimum atomic E-state index is -0.0298. The van der Waals surface area contributed by atoms with Crippen molar-refractivity contribution in [3.8, 4) is 0 Å². The maximum absolute atomic E-state index is 12.2. The fraction of sp³-hybridized carbons (Fsp3) is 0.350. The highest BCUT2D eigenvalue weighted by molar-refractivity contribution is 5.81. The largest absolute Gasteiger partial charge is 0.378 e. The molecule has 0 aliphatic carbocycles. The summed E-state index contributed by atoms with van der Waals surface area (Å²) in [6.45, 7) is 3.77. The molecule has 0 amide bonds. The van der Waals surface area contributed by atoms with Crippen LogP contribution in [-0.2, 0) is 18.4 Å². The molecular weight excluding hydrogens is 384 g/mol. The molecule has 0 N–H and O–H groups in total. The van der Waals surface area contributed by atoms with Crippen molar-refractivity contribution in [2.24, 2.45) is 7.05 Å². The molecule has 10 nitrogen and oxygen atoms in total. The Morgan fingerprint density at radius 2 is 1.87 bits per heavy atom. The lowest BCUT2D eigenvalue weighted by molar-refractivity contribution is 0.181. The molecule has 0 spiro atoms. The lowest BCUT2D eigenvalue weighted by Crippen LogP contribution is -2.47. The third-order valence-corrected chi connectivity index (χ3v) is 5.45. The molecule has 3 aromatic heterocycles. The van der Waals surface area contributed by atoms with Gasteiger partial charge in [0.1, 0.15) is 12.1 Å². The van der Waals surface area contributed by atoms with Crippen molar-refractivity contribution >= 4 is 28.2 Å². The van der Waals surface area contributed by atoms with Gasteiger partial charge in [-0.25, -0.2) is 9.97 Å². The van der Waals surface area contributed by atoms with Crippen molar-refractivity contribution in [3.05, 3.63) is 53.0 Å². The van der Waals surface area contributed by atoms with Crippen molar-refractivity contribution in [2.45, 2.75) is 6.61 Å². The van der Waals surface area contributed by atoms with E-state index < -0.39 is 0 Å². The van der Waals surface area contributed by atoms with Crippen LogP contribution in [0.4, 0.5) is 11.5 Å². The monoisotopic (exact) mass is 406 g/mol. The van der Waals surface area contributed by atoms with E-state index in [0.29, 0.717) is 17.8 Å². The fourth-order valence-corrected chi connectivity index (χ4v) is 3.88. The normalized spacial score (nSPS) is 14.7. The van der Waals surface area contributed by atoms with Gasteiger partial charge in [0, 0.05) is 52.1 Å². The lowest BCUT2D eigenvalue weighted by atomic mass is 10.2. The smallest absolute Gasteiger partial charge is 0.260 e. The first-order chi connectivity index (χ1) is 14.6. The summed E-state index contributed by atoms with van der Waals surface area (Å²) < 4.78 is 8.51. The van der Waals surface area contributed by atoms with E-state index in [4.69, 9.17) is 4.74 Å². The maximum atomic E-state index is 12.2. The van der Waals surface area contributed by atoms with Gasteiger partial charge in [-0.1, -0.05) is 0 Å². The number of benzene rings is 1. The summed E-state index contributed by atoms with van der Waals surface area (Å²) in [5, 5.41) is 4.97. The van der Waals surface area contributed by atoms with Gasteiger partial charge in [-0.15, -0.1) is 0 Å². The average Bonchev–Trinajstić information content (AvgIpc) is 3.25. The second-order valence-corrected chi connectivity index (χ2v) is 7.35. The van der Waals surface area contributed by atoms with E-state index in [0.717, 1.165) is 48.9 Å². The van der Waals surface area contributed by atoms with Crippen LogP contribution in [0.2, 0.25) is 0 Å². The first-order valence-corrected chi connectivity index (χ1v) is 9.78. The standard InChI is InChI=1S/C20H22N8O2/c1-25-13-22-17-10-15(3-4-16(17)19(25)29)26-5-7-27(8-6-26)18-9-14(11-30-2)24-20-21-12-23-28(18)20/h3-4,9-10,12-13H,5-8,11H2,1-2H3. The molecule has 30 heavy (non-hydrogen) atoms. The predicted octanol–water partition coefficient (Wildman–Crippen LogP) is 0.844. The Hall–Kier alpha value is -3.53. The van der Waals surface area contributed by atoms with E-state index in [1.54, 1.807) is 25.0 Å². The lowest BCUT2D eigenvalue weighted by Gasteiger charge is -2.37. The van der Waals surface area contributed by atoms with Gasteiger partial charge >= 0.3 is 0 Å². The molecule has 1 aromatic carbocycles. The zero-order chi connectivity index (χ0) is 20.7. The minimum absolute atomic E-state index is 0.0298. The molecule has 0 bridgehead atoms. The molecule has 1 fully saturated rings. The number of hydrogen-bond donors (Lipinski definition) is 0. The van der Waals surface area contributed by atoms with Crippen molar-refractivity contribution in [1.29, 1.82) is 0 Å². The molecule has 4 heterocycles. The summed E-state index contributed by atoms with van der Waals surface area (Å²) in [5.74, 6) is 1.54. The van der Waals surface area contributed by atoms with Crippen LogP contribution in [0.15, 0.2) is 41.7 Å². The molecular formula is C20H22N8O2. The Morgan fingerprint density at radius 3 is 2.67 bits per heavy atom. The third-order valence-electron chi connectivity index (χ3n) is 5.45. The van der Waals surface area contributed by atoms with Gasteiger partial charge in [-0.2, -0.15) is 14.6 Å². The summed E-state index contributed by atoms with van der Waals surface area (Å²) in [5.41, 5.74) is 2.60. The van der Waals surface area contributed by atoms with Crippen LogP contribution in [0.3, 0.4) is 0 Å². The van der Waals surface area contributed by atoms with E-state index in [1.165, 1.54) is 10.9 Å². The summed E-state index contributed by atoms with van der Waals surface area (Å²) in [4.78, 5) is 30.0. The molecule has 1 aliphatic heterocycles. The maximum Gasteiger partial charge on any atom is 0.260 e. The quantitative estimate of drug-likeness (QED) is 0.492. The summed E-state index contributed by atoms with van der Waals surface area (Å²) >= 11 is 0. The topological polar surface area (TPSA) is 93.7 Å². The van der Waals surface area contributed by atoms with Crippen LogP contribution in [-0.4, -0.2) is 62.4 Å². The number of aryl methyl sites for hydroxylation is 1. The summed E-state index contributed by atoms with van der Waals surface area (Å²) in [7, 11) is 3.37. The highest BCUT2D eigenvalue weighted by Crippen LogP contribution is 2.23. The number of aromatic nitrogens is 6. The van der Waals surface area contributed by atoms with E-state index in [9.17, 15) is 4.79 Å². The van der Waals surface area contributed by atoms with Crippen molar-refractivity contribution in [3.63, 3.8) is 0 Å². The Labute approximate surface area is 172 Å². The molecule has 10 heteroatoms. The molecule has 0 atom stereocenters. The van der Waals surface area contributed by atoms with Gasteiger partial charge < -0.3 is 19.1 Å². The number of piperazine rings is 1. The molecule has 1 aliphatic rings. The van der Waals surface area contributed by atoms with Gasteiger partial charge in [-0.05, 0) is 18.2 Å². The Balaban J connectivity index is 1.39. The molecule has 5 rings (SSSR count). The van der Waals surface area contributed by atoms with Gasteiger partial charge in [0.25, 0.3) is 11.3 Å². The summed E-state index contributed by atoms with van der Waals surface area (Å²) in [6.07, 6.45) is 3.09. The zero-order valence-corrected chi connectivity index (χ0v) is 16.9. The summed E-state index contributed by atoms with van der Waals surface area (Å²) in [6, 6.07) is 7.87. The Morgan fingerprint density at radius 1 is 1.07 bits per heavy atom. The molecule has 4 aromatic rings. The minimum Gasteiger partial charge on any atom is -0.378 e. The van der Waals surface area contributed by atoms with Crippen LogP contribution in [0.1, 0.15) is 5.69 Å². The Bertz CT molecular complexity index is 1270. The van der Waals surface area contributed by atoms with Crippen molar-refractivity contribution in [2.75, 3.05) is 43.1 Å². The number of nitrogens with zero attached hydrogens (tertiary/aromatic N) is 8. The van der Waals surface area contributed by atoms with Gasteiger partial charge in [0.15, 0.2) is 0 Å². The van der Waals surface area contributed by atoms with Crippen LogP contribution in [0.25, 0.3) is 16.7 Å². The van der Waals surface area contributed by atoms with E-state index in [-0.39, 0.29) is 5.56 Å². The SMILES string of the molecule is COCc1cc(N2CCN(c3ccc4c(=O)n(C)cnc4c3)CC2)n2ncnc2n1. The average molecular weight is 406 g/mol. The fourth-order valence-electron chi connectivity index (χ4n) is 3.88. The van der Waals surface area contributed by atoms with E-state index >= 15 is 0 Å². The molecule has 1 saturated heterocycles. The highest BCUT2D eigenvalue weighted by atomic mass is 16.5. The molecule has 0 radical (unpaired) electrons. The number of rotatable bonds is 4. The number of anilines is 2. The number of methoxy groups -OCH3 is 1. The molecule has 154 valence electrons. The second-order valence-electron chi connectivity index (χ2n) is 7.35. The van der Waals surface area contributed by atoms with Crippen molar-refractivity contribution in [1.82, 2.24) is 29.1 Å². The van der Waals surface area contributed by atoms with Crippen LogP contribution in [0.5, 0.6) is 0 Å². The number of fused-ring (bicyclic) bond motifs is 2. The second kappa shape index (κ2) is 7.38. The van der Waals surface area contributed by atoms with Crippen LogP contribution >= 0.6 is 0 Å². The first kappa shape index (κ1) is 18.5. The van der Waals surface area contributed by atoms with Gasteiger partial charge in [0.2, 0.25) is 0 Å². The first-order valence-electron chi connectivity index (χ1n) is 9.78. The van der Waals surface area contributed by atoms with E-state index in [1.807, 2.05) is 24.3 Å². The number of hydrogen-bond acceptors (Lipinski definition) is 8. The van der Waals surface area contributed by atoms with Crippen LogP contribution < -0.4 is 15.4 Å². The highest BCUT2D eigenvalue weighted by Gasteiger charge is 2.21.